The van der Waals surface area contributed by atoms with Crippen LogP contribution in [-0.4, -0.2) is 210 Å². The number of nitrogens with one attached hydrogen (secondary N) is 3. The van der Waals surface area contributed by atoms with E-state index < -0.39 is 29.3 Å². The Kier molecular flexibility index (Phi) is 53.8. The lowest BCUT2D eigenvalue weighted by Crippen LogP contribution is -3.14. The highest BCUT2D eigenvalue weighted by atomic mass is 127. The second-order valence-corrected chi connectivity index (χ2v) is 49.5. The van der Waals surface area contributed by atoms with Crippen LogP contribution in [0.2, 0.25) is 0 Å². The molecule has 0 radical (unpaired) electrons. The maximum atomic E-state index is 12.2. The fraction of sp³-hybridized carbons (Fsp3) is 0.404. The van der Waals surface area contributed by atoms with E-state index in [1.165, 1.54) is 47.8 Å². The summed E-state index contributed by atoms with van der Waals surface area (Å²) in [7, 11) is 0. The molecule has 3 saturated heterocycles. The van der Waals surface area contributed by atoms with Crippen LogP contribution in [-0.2, 0) is 73.3 Å². The van der Waals surface area contributed by atoms with Crippen LogP contribution in [0.15, 0.2) is 226 Å². The molecule has 0 bridgehead atoms. The van der Waals surface area contributed by atoms with Crippen molar-refractivity contribution in [2.24, 2.45) is 0 Å². The van der Waals surface area contributed by atoms with Crippen LogP contribution in [0, 0.1) is 12.3 Å². The summed E-state index contributed by atoms with van der Waals surface area (Å²) in [6.45, 7) is 46.7. The molecular weight excluding hydrogens is 2540 g/mol. The molecule has 3 fully saturated rings. The van der Waals surface area contributed by atoms with Crippen LogP contribution in [0.4, 0.5) is 27.5 Å². The molecule has 33 heteroatoms. The van der Waals surface area contributed by atoms with Gasteiger partial charge in [-0.15, -0.1) is 13.0 Å². The van der Waals surface area contributed by atoms with E-state index in [1.807, 2.05) is 258 Å². The van der Waals surface area contributed by atoms with Crippen molar-refractivity contribution in [1.82, 2.24) is 0 Å². The molecule has 1 amide bonds. The van der Waals surface area contributed by atoms with Gasteiger partial charge in [0.15, 0.2) is 3.92 Å². The molecule has 8 aromatic carbocycles. The maximum absolute atomic E-state index is 12.2. The van der Waals surface area contributed by atoms with Crippen LogP contribution in [0.25, 0.3) is 21.9 Å². The number of allylic oxidation sites excluding steroid dienone is 1. The number of benzene rings is 8. The van der Waals surface area contributed by atoms with Gasteiger partial charge in [0, 0.05) is 58.8 Å². The fourth-order valence-electron chi connectivity index (χ4n) is 13.0. The van der Waals surface area contributed by atoms with Crippen molar-refractivity contribution in [3.63, 3.8) is 0 Å². The highest BCUT2D eigenvalue weighted by molar-refractivity contribution is 14.1. The number of terminal acetylenes is 1. The predicted octanol–water partition coefficient (Wildman–Crippen LogP) is 12.4. The monoisotopic (exact) mass is 2670 g/mol. The first kappa shape index (κ1) is 119. The summed E-state index contributed by atoms with van der Waals surface area (Å²) in [4.78, 5) is 98.0. The number of quaternary nitrogens is 7. The third kappa shape index (κ3) is 46.0. The topological polar surface area (TPSA) is 318 Å². The SMILES string of the molecule is C#CC(I)C(=O)OCC[NH+]1CCOCC1.C/C=C/C(I)C(=O)OCC[NH+]1CCOCC1.C=CC(I)C(=O)OCC[NH+]1CCOCC1.C=CC[NH2+]c1ccc(OC(=O)C(C)(C)I)cc1.CC(C)(C)OC(=O)[NH2+]c1ccc(OC(=O)C(C)(C)I)c2ccccc12.CC(C)(I)C(=O)Oc1ccc([NH2+]CC2c3ccccc3-c3ccccc32)cc1.CC(C)(I)C(=O)Oc1ccc([NH2+]Cc2ccccc2)cc1. The third-order valence-electron chi connectivity index (χ3n) is 20.6. The third-order valence-corrected chi connectivity index (χ3v) is 25.1. The molecule has 740 valence electrons. The summed E-state index contributed by atoms with van der Waals surface area (Å²) in [6.07, 6.45) is 11.8. The van der Waals surface area contributed by atoms with Gasteiger partial charge in [-0.3, -0.25) is 28.8 Å². The van der Waals surface area contributed by atoms with Crippen LogP contribution in [0.1, 0.15) is 106 Å². The number of alkyl halides is 7. The van der Waals surface area contributed by atoms with E-state index in [0.29, 0.717) is 48.7 Å². The lowest BCUT2D eigenvalue weighted by molar-refractivity contribution is -0.908. The first-order chi connectivity index (χ1) is 65.0. The number of hydrogen-bond donors (Lipinski definition) is 7. The molecule has 3 heterocycles. The second-order valence-electron chi connectivity index (χ2n) is 34.8. The van der Waals surface area contributed by atoms with Gasteiger partial charge in [-0.2, -0.15) is 4.79 Å². The number of carbonyl (C=O) groups excluding carboxylic acids is 8. The van der Waals surface area contributed by atoms with Crippen molar-refractivity contribution < 1.29 is 126 Å². The van der Waals surface area contributed by atoms with Crippen molar-refractivity contribution in [2.45, 2.75) is 127 Å². The van der Waals surface area contributed by atoms with Crippen LogP contribution >= 0.6 is 158 Å². The Morgan fingerprint density at radius 3 is 1.23 bits per heavy atom. The number of nitrogens with two attached hydrogens (primary N) is 4. The molecule has 12 rings (SSSR count). The van der Waals surface area contributed by atoms with Gasteiger partial charge in [-0.1, -0.05) is 286 Å². The van der Waals surface area contributed by atoms with Gasteiger partial charge in [-0.25, -0.2) is 10.1 Å². The minimum atomic E-state index is -0.625. The average Bonchev–Trinajstić information content (AvgIpc) is 1.60. The lowest BCUT2D eigenvalue weighted by Gasteiger charge is -2.23. The Bertz CT molecular complexity index is 5150. The fourth-order valence-corrected chi connectivity index (χ4v) is 14.4. The molecule has 137 heavy (non-hydrogen) atoms. The molecule has 0 saturated carbocycles. The van der Waals surface area contributed by atoms with Gasteiger partial charge < -0.3 is 82.8 Å². The summed E-state index contributed by atoms with van der Waals surface area (Å²) in [5.41, 5.74) is 10.3. The Balaban J connectivity index is 0.000000249. The van der Waals surface area contributed by atoms with Gasteiger partial charge in [0.1, 0.15) is 158 Å². The zero-order valence-corrected chi connectivity index (χ0v) is 95.2. The maximum Gasteiger partial charge on any atom is 0.518 e. The van der Waals surface area contributed by atoms with Gasteiger partial charge in [-0.05, 0) is 160 Å². The van der Waals surface area contributed by atoms with E-state index in [0.717, 1.165) is 152 Å². The first-order valence-electron chi connectivity index (χ1n) is 45.2. The van der Waals surface area contributed by atoms with Gasteiger partial charge in [0.2, 0.25) is 0 Å². The van der Waals surface area contributed by atoms with E-state index in [-0.39, 0.29) is 49.6 Å². The van der Waals surface area contributed by atoms with Crippen molar-refractivity contribution in [3.8, 4) is 46.5 Å². The number of hydrogen-bond acceptors (Lipinski definition) is 19. The molecule has 26 nitrogen and oxygen atoms in total. The summed E-state index contributed by atoms with van der Waals surface area (Å²) in [5.74, 6) is 3.27. The number of rotatable bonds is 32. The Morgan fingerprint density at radius 1 is 0.460 bits per heavy atom. The van der Waals surface area contributed by atoms with Crippen molar-refractivity contribution in [2.75, 3.05) is 131 Å². The molecule has 3 unspecified atom stereocenters. The van der Waals surface area contributed by atoms with E-state index in [1.54, 1.807) is 44.2 Å². The van der Waals surface area contributed by atoms with Crippen molar-refractivity contribution in [1.29, 1.82) is 0 Å². The standard InChI is InChI=1S/C24H22INO2.C19H22INO4.C17H18INO2.C13H16INO2.C11H18INO3.C10H16INO3.C10H14INO3/c1-24(2,25)23(27)28-17-13-11-16(12-14-17)26-15-22-20-9-5-3-7-18(20)19-8-4-6-10-21(19)22;1-18(2,3)25-17(23)21-14-10-11-15(24-16(22)19(4,5)20)13-9-7-6-8-12(13)14;1-17(2,18)16(20)21-15-10-8-14(9-11-15)19-12-13-6-4-3-5-7-13;1-4-9-15-10-5-7-11(8-6-10)17-12(16)13(2,3)14;1-2-3-10(12)11(14)16-9-6-13-4-7-15-8-5-13;2*1-2-9(11)10(13)15-8-5-12-3-6-14-7-4-12/h3-14,22,26H,15H2,1-2H3;6-11H,1-5H3,(H,21,23);3-11,19H,12H2,1-2H3;4-8,15H,1,9H2,2-3H3;2-3,10H,4-9H2,1H3;2,9H,1,3-8H2;1,9H,3-8H2/p+7/b;;;;3-2+;;. The van der Waals surface area contributed by atoms with E-state index in [9.17, 15) is 38.4 Å². The van der Waals surface area contributed by atoms with Crippen molar-refractivity contribution >= 4 is 240 Å². The van der Waals surface area contributed by atoms with E-state index >= 15 is 0 Å². The molecule has 1 aliphatic carbocycles. The van der Waals surface area contributed by atoms with Crippen LogP contribution < -0.4 is 54.9 Å². The molecule has 3 aliphatic heterocycles. The summed E-state index contributed by atoms with van der Waals surface area (Å²) < 4.78 is 55.0. The average molecular weight is 2670 g/mol. The van der Waals surface area contributed by atoms with E-state index in [2.05, 4.69) is 186 Å². The Hall–Kier alpha value is -6.73. The van der Waals surface area contributed by atoms with Crippen LogP contribution in [0.3, 0.4) is 0 Å². The number of ether oxygens (including phenoxy) is 11. The molecule has 8 aromatic rings. The number of halogens is 7. The zero-order valence-electron chi connectivity index (χ0n) is 80.1. The minimum absolute atomic E-state index is 0.147. The molecule has 3 atom stereocenters. The Morgan fingerprint density at radius 2 is 0.832 bits per heavy atom. The molecular formula is C104H133I7N7O19+7. The number of esters is 7. The summed E-state index contributed by atoms with van der Waals surface area (Å²) >= 11 is 14.2. The summed E-state index contributed by atoms with van der Waals surface area (Å²) in [6, 6.07) is 61.4. The number of primary amides is 1. The minimum Gasteiger partial charge on any atom is -0.459 e. The lowest BCUT2D eigenvalue weighted by atomic mass is 9.97. The number of morpholine rings is 3. The normalized spacial score (nSPS) is 14.5. The quantitative estimate of drug-likeness (QED) is 0.00301. The highest BCUT2D eigenvalue weighted by Crippen LogP contribution is 2.44. The summed E-state index contributed by atoms with van der Waals surface area (Å²) in [5, 5.41) is 9.53. The van der Waals surface area contributed by atoms with Crippen molar-refractivity contribution in [3.05, 3.63) is 242 Å². The van der Waals surface area contributed by atoms with Gasteiger partial charge in [0.25, 0.3) is 0 Å². The molecule has 0 aromatic heterocycles. The number of fused-ring (bicyclic) bond motifs is 4. The highest BCUT2D eigenvalue weighted by Gasteiger charge is 2.33. The molecule has 0 spiro atoms. The first-order valence-corrected chi connectivity index (χ1v) is 53.3. The predicted molar refractivity (Wildman–Crippen MR) is 594 cm³/mol. The zero-order chi connectivity index (χ0) is 101. The number of carbonyl (C=O) groups is 8. The van der Waals surface area contributed by atoms with E-state index in [4.69, 9.17) is 58.5 Å². The molecule has 11 N–H and O–H groups in total. The smallest absolute Gasteiger partial charge is 0.459 e. The number of amides is 1. The van der Waals surface area contributed by atoms with Gasteiger partial charge in [0.05, 0.1) is 58.6 Å². The van der Waals surface area contributed by atoms with Gasteiger partial charge >= 0.3 is 47.9 Å². The second kappa shape index (κ2) is 62.0. The van der Waals surface area contributed by atoms with Crippen LogP contribution in [0.5, 0.6) is 23.0 Å². The largest absolute Gasteiger partial charge is 0.518 e. The molecule has 4 aliphatic rings. The Labute approximate surface area is 902 Å².